The standard InChI is InChI=1S/C12H14ClN3/c1-12(2,14)11-7-15-8-16(11)10-5-3-4-9(13)6-10/h3-8H,14H2,1-2H3. The van der Waals surface area contributed by atoms with Crippen LogP contribution in [0.3, 0.4) is 0 Å². The van der Waals surface area contributed by atoms with E-state index in [0.29, 0.717) is 5.02 Å². The summed E-state index contributed by atoms with van der Waals surface area (Å²) in [5.74, 6) is 0. The second-order valence-corrected chi connectivity index (χ2v) is 4.79. The first-order chi connectivity index (χ1) is 7.48. The summed E-state index contributed by atoms with van der Waals surface area (Å²) in [6.45, 7) is 3.90. The van der Waals surface area contributed by atoms with Gasteiger partial charge < -0.3 is 10.3 Å². The van der Waals surface area contributed by atoms with Crippen LogP contribution in [0.4, 0.5) is 0 Å². The lowest BCUT2D eigenvalue weighted by Gasteiger charge is -2.20. The third-order valence-corrected chi connectivity index (χ3v) is 2.62. The van der Waals surface area contributed by atoms with Gasteiger partial charge in [0.1, 0.15) is 0 Å². The summed E-state index contributed by atoms with van der Waals surface area (Å²) >= 11 is 5.96. The van der Waals surface area contributed by atoms with E-state index in [4.69, 9.17) is 17.3 Å². The van der Waals surface area contributed by atoms with Crippen LogP contribution in [0.5, 0.6) is 0 Å². The van der Waals surface area contributed by atoms with E-state index in [2.05, 4.69) is 4.98 Å². The quantitative estimate of drug-likeness (QED) is 0.870. The van der Waals surface area contributed by atoms with Gasteiger partial charge in [-0.1, -0.05) is 17.7 Å². The molecule has 0 unspecified atom stereocenters. The first-order valence-corrected chi connectivity index (χ1v) is 5.44. The maximum atomic E-state index is 6.08. The minimum Gasteiger partial charge on any atom is -0.321 e. The van der Waals surface area contributed by atoms with Crippen molar-refractivity contribution in [3.8, 4) is 5.69 Å². The van der Waals surface area contributed by atoms with Crippen molar-refractivity contribution < 1.29 is 0 Å². The van der Waals surface area contributed by atoms with E-state index in [-0.39, 0.29) is 0 Å². The van der Waals surface area contributed by atoms with Crippen LogP contribution in [-0.4, -0.2) is 9.55 Å². The Morgan fingerprint density at radius 2 is 2.12 bits per heavy atom. The van der Waals surface area contributed by atoms with Gasteiger partial charge in [0.05, 0.1) is 23.8 Å². The summed E-state index contributed by atoms with van der Waals surface area (Å²) in [4.78, 5) is 4.13. The lowest BCUT2D eigenvalue weighted by atomic mass is 10.0. The van der Waals surface area contributed by atoms with Gasteiger partial charge in [0.15, 0.2) is 0 Å². The monoisotopic (exact) mass is 235 g/mol. The number of imidazole rings is 1. The van der Waals surface area contributed by atoms with Crippen LogP contribution >= 0.6 is 11.6 Å². The second-order valence-electron chi connectivity index (χ2n) is 4.35. The van der Waals surface area contributed by atoms with Crippen LogP contribution in [0.15, 0.2) is 36.8 Å². The van der Waals surface area contributed by atoms with Gasteiger partial charge in [0.25, 0.3) is 0 Å². The predicted molar refractivity (Wildman–Crippen MR) is 65.8 cm³/mol. The minimum absolute atomic E-state index is 0.432. The summed E-state index contributed by atoms with van der Waals surface area (Å²) in [7, 11) is 0. The molecule has 1 aromatic heterocycles. The number of hydrogen-bond acceptors (Lipinski definition) is 2. The van der Waals surface area contributed by atoms with Crippen molar-refractivity contribution in [3.05, 3.63) is 47.5 Å². The molecule has 4 heteroatoms. The van der Waals surface area contributed by atoms with Gasteiger partial charge in [-0.3, -0.25) is 0 Å². The lowest BCUT2D eigenvalue weighted by Crippen LogP contribution is -2.31. The van der Waals surface area contributed by atoms with E-state index < -0.39 is 5.54 Å². The fourth-order valence-corrected chi connectivity index (χ4v) is 1.79. The molecule has 16 heavy (non-hydrogen) atoms. The molecule has 3 nitrogen and oxygen atoms in total. The summed E-state index contributed by atoms with van der Waals surface area (Å²) in [5, 5.41) is 0.701. The molecule has 0 aliphatic heterocycles. The average Bonchev–Trinajstić information content (AvgIpc) is 2.65. The van der Waals surface area contributed by atoms with E-state index in [0.717, 1.165) is 11.4 Å². The van der Waals surface area contributed by atoms with Crippen molar-refractivity contribution in [3.63, 3.8) is 0 Å². The Balaban J connectivity index is 2.53. The van der Waals surface area contributed by atoms with Crippen LogP contribution in [0.2, 0.25) is 5.02 Å². The molecule has 0 aliphatic carbocycles. The highest BCUT2D eigenvalue weighted by Crippen LogP contribution is 2.22. The number of nitrogens with zero attached hydrogens (tertiary/aromatic N) is 2. The van der Waals surface area contributed by atoms with Crippen LogP contribution in [0.25, 0.3) is 5.69 Å². The molecule has 2 N–H and O–H groups in total. The molecular formula is C12H14ClN3. The Bertz CT molecular complexity index is 497. The molecule has 1 heterocycles. The van der Waals surface area contributed by atoms with E-state index in [1.54, 1.807) is 12.5 Å². The molecule has 0 amide bonds. The van der Waals surface area contributed by atoms with Gasteiger partial charge in [-0.2, -0.15) is 0 Å². The highest BCUT2D eigenvalue weighted by atomic mass is 35.5. The molecule has 84 valence electrons. The van der Waals surface area contributed by atoms with Crippen molar-refractivity contribution >= 4 is 11.6 Å². The molecule has 0 spiro atoms. The lowest BCUT2D eigenvalue weighted by molar-refractivity contribution is 0.524. The molecule has 0 radical (unpaired) electrons. The van der Waals surface area contributed by atoms with Gasteiger partial charge in [0, 0.05) is 10.7 Å². The molecule has 0 fully saturated rings. The maximum absolute atomic E-state index is 6.08. The molecule has 2 aromatic rings. The molecule has 1 aromatic carbocycles. The zero-order valence-electron chi connectivity index (χ0n) is 9.31. The largest absolute Gasteiger partial charge is 0.321 e. The molecule has 0 saturated carbocycles. The Kier molecular flexibility index (Phi) is 2.74. The SMILES string of the molecule is CC(C)(N)c1cncn1-c1cccc(Cl)c1. The number of benzene rings is 1. The Labute approximate surface area is 99.9 Å². The topological polar surface area (TPSA) is 43.8 Å². The highest BCUT2D eigenvalue weighted by Gasteiger charge is 2.19. The van der Waals surface area contributed by atoms with E-state index in [1.807, 2.05) is 42.7 Å². The fourth-order valence-electron chi connectivity index (χ4n) is 1.60. The van der Waals surface area contributed by atoms with Gasteiger partial charge in [0.2, 0.25) is 0 Å². The summed E-state index contributed by atoms with van der Waals surface area (Å²) in [6, 6.07) is 7.61. The maximum Gasteiger partial charge on any atom is 0.0994 e. The van der Waals surface area contributed by atoms with Crippen molar-refractivity contribution in [2.24, 2.45) is 5.73 Å². The molecule has 0 aliphatic rings. The predicted octanol–water partition coefficient (Wildman–Crippen LogP) is 2.72. The van der Waals surface area contributed by atoms with Gasteiger partial charge in [-0.05, 0) is 32.0 Å². The number of rotatable bonds is 2. The van der Waals surface area contributed by atoms with Crippen molar-refractivity contribution in [2.75, 3.05) is 0 Å². The van der Waals surface area contributed by atoms with Crippen LogP contribution in [0, 0.1) is 0 Å². The van der Waals surface area contributed by atoms with Gasteiger partial charge >= 0.3 is 0 Å². The normalized spacial score (nSPS) is 11.8. The summed E-state index contributed by atoms with van der Waals surface area (Å²) in [5.41, 5.74) is 7.58. The summed E-state index contributed by atoms with van der Waals surface area (Å²) < 4.78 is 1.95. The third kappa shape index (κ3) is 2.10. The van der Waals surface area contributed by atoms with Crippen molar-refractivity contribution in [1.82, 2.24) is 9.55 Å². The zero-order valence-corrected chi connectivity index (χ0v) is 10.1. The molecule has 0 atom stereocenters. The zero-order chi connectivity index (χ0) is 11.8. The summed E-state index contributed by atoms with van der Waals surface area (Å²) in [6.07, 6.45) is 3.52. The van der Waals surface area contributed by atoms with Crippen LogP contribution < -0.4 is 5.73 Å². The van der Waals surface area contributed by atoms with Crippen molar-refractivity contribution in [2.45, 2.75) is 19.4 Å². The smallest absolute Gasteiger partial charge is 0.0994 e. The molecule has 0 saturated heterocycles. The Hall–Kier alpha value is -1.32. The fraction of sp³-hybridized carbons (Fsp3) is 0.250. The number of nitrogens with two attached hydrogens (primary N) is 1. The number of aromatic nitrogens is 2. The first kappa shape index (κ1) is 11.2. The Morgan fingerprint density at radius 3 is 2.75 bits per heavy atom. The average molecular weight is 236 g/mol. The third-order valence-electron chi connectivity index (χ3n) is 2.39. The number of halogens is 1. The van der Waals surface area contributed by atoms with E-state index in [1.165, 1.54) is 0 Å². The van der Waals surface area contributed by atoms with E-state index >= 15 is 0 Å². The Morgan fingerprint density at radius 1 is 1.38 bits per heavy atom. The van der Waals surface area contributed by atoms with Crippen molar-refractivity contribution in [1.29, 1.82) is 0 Å². The molecule has 0 bridgehead atoms. The van der Waals surface area contributed by atoms with Gasteiger partial charge in [-0.25, -0.2) is 4.98 Å². The molecular weight excluding hydrogens is 222 g/mol. The first-order valence-electron chi connectivity index (χ1n) is 5.06. The highest BCUT2D eigenvalue weighted by molar-refractivity contribution is 6.30. The minimum atomic E-state index is -0.432. The molecule has 2 rings (SSSR count). The number of hydrogen-bond donors (Lipinski definition) is 1. The second kappa shape index (κ2) is 3.92. The van der Waals surface area contributed by atoms with Gasteiger partial charge in [-0.15, -0.1) is 0 Å². The van der Waals surface area contributed by atoms with Crippen LogP contribution in [0.1, 0.15) is 19.5 Å². The van der Waals surface area contributed by atoms with E-state index in [9.17, 15) is 0 Å². The van der Waals surface area contributed by atoms with Crippen LogP contribution in [-0.2, 0) is 5.54 Å².